The quantitative estimate of drug-likeness (QED) is 0.434. The summed E-state index contributed by atoms with van der Waals surface area (Å²) in [6.07, 6.45) is 8.30. The fourth-order valence-electron chi connectivity index (χ4n) is 2.16. The minimum Gasteiger partial charge on any atom is -0.365 e. The second kappa shape index (κ2) is 10.3. The first kappa shape index (κ1) is 22.7. The van der Waals surface area contributed by atoms with Crippen LogP contribution < -0.4 is 5.73 Å². The van der Waals surface area contributed by atoms with Crippen LogP contribution in [0.25, 0.3) is 0 Å². The maximum atomic E-state index is 10.7. The van der Waals surface area contributed by atoms with Crippen molar-refractivity contribution in [1.82, 2.24) is 0 Å². The molecule has 0 saturated heterocycles. The highest BCUT2D eigenvalue weighted by atomic mass is 36.0. The number of thioether (sulfide) groups is 4. The van der Waals surface area contributed by atoms with E-state index in [0.717, 1.165) is 9.81 Å². The van der Waals surface area contributed by atoms with Gasteiger partial charge in [0.1, 0.15) is 6.07 Å². The zero-order chi connectivity index (χ0) is 19.3. The monoisotopic (exact) mass is 504 g/mol. The van der Waals surface area contributed by atoms with E-state index in [4.69, 9.17) is 11.0 Å². The van der Waals surface area contributed by atoms with Crippen LogP contribution in [0.4, 0.5) is 0 Å². The highest BCUT2D eigenvalue weighted by Gasteiger charge is 2.31. The Morgan fingerprint density at radius 2 is 1.54 bits per heavy atom. The molecule has 0 spiro atoms. The van der Waals surface area contributed by atoms with Gasteiger partial charge in [-0.2, -0.15) is 5.26 Å². The van der Waals surface area contributed by atoms with Crippen LogP contribution in [0.2, 0.25) is 0 Å². The Labute approximate surface area is 183 Å². The van der Waals surface area contributed by atoms with Gasteiger partial charge in [-0.05, 0) is 50.6 Å². The number of nitriles is 1. The van der Waals surface area contributed by atoms with Crippen molar-refractivity contribution in [3.8, 4) is 6.07 Å². The topological polar surface area (TPSA) is 83.9 Å². The molecule has 2 N–H and O–H groups in total. The van der Waals surface area contributed by atoms with Gasteiger partial charge in [-0.15, -0.1) is 47.0 Å². The van der Waals surface area contributed by atoms with Crippen molar-refractivity contribution < 1.29 is 9.36 Å². The summed E-state index contributed by atoms with van der Waals surface area (Å²) in [5.41, 5.74) is 5.14. The number of primary amides is 1. The molecule has 4 aliphatic heterocycles. The summed E-state index contributed by atoms with van der Waals surface area (Å²) in [4.78, 5) is 12.3. The lowest BCUT2D eigenvalue weighted by Gasteiger charge is -2.02. The molecule has 0 saturated carbocycles. The first-order valence-electron chi connectivity index (χ1n) is 6.97. The van der Waals surface area contributed by atoms with E-state index in [1.165, 1.54) is 0 Å². The van der Waals surface area contributed by atoms with Gasteiger partial charge in [-0.25, -0.2) is 0 Å². The summed E-state index contributed by atoms with van der Waals surface area (Å²) in [5.74, 6) is -0.293. The number of fused-ring (bicyclic) bond motifs is 2. The predicted molar refractivity (Wildman–Crippen MR) is 120 cm³/mol. The molecule has 0 aliphatic carbocycles. The van der Waals surface area contributed by atoms with E-state index < -0.39 is 5.20 Å². The van der Waals surface area contributed by atoms with Gasteiger partial charge in [0, 0.05) is 21.0 Å². The SMILES string of the molecule is N#CC1=CC2SC=CC2S1.NC(=O)C1=CC2SC=CC2S1.O=P(Cl)(Cl)Cl. The maximum absolute atomic E-state index is 10.7. The summed E-state index contributed by atoms with van der Waals surface area (Å²) in [5, 5.41) is 11.5. The predicted octanol–water partition coefficient (Wildman–Crippen LogP) is 6.05. The molecule has 0 fully saturated rings. The van der Waals surface area contributed by atoms with Crippen LogP contribution in [0.15, 0.2) is 44.9 Å². The zero-order valence-electron chi connectivity index (χ0n) is 12.8. The molecule has 4 unspecified atom stereocenters. The third-order valence-electron chi connectivity index (χ3n) is 3.17. The summed E-state index contributed by atoms with van der Waals surface area (Å²) in [6, 6.07) is 2.17. The van der Waals surface area contributed by atoms with Crippen LogP contribution in [0, 0.1) is 11.3 Å². The Kier molecular flexibility index (Phi) is 8.97. The van der Waals surface area contributed by atoms with Gasteiger partial charge in [-0.3, -0.25) is 9.36 Å². The molecule has 12 heteroatoms. The number of amides is 1. The number of nitrogens with two attached hydrogens (primary N) is 1. The maximum Gasteiger partial charge on any atom is 0.339 e. The number of carbonyl (C=O) groups is 1. The van der Waals surface area contributed by atoms with Crippen molar-refractivity contribution in [3.63, 3.8) is 0 Å². The molecule has 0 aromatic rings. The lowest BCUT2D eigenvalue weighted by atomic mass is 10.3. The van der Waals surface area contributed by atoms with Crippen molar-refractivity contribution in [3.05, 3.63) is 44.9 Å². The number of nitrogens with zero attached hydrogens (tertiary/aromatic N) is 1. The Bertz CT molecular complexity index is 766. The first-order chi connectivity index (χ1) is 12.2. The minimum atomic E-state index is -3.22. The van der Waals surface area contributed by atoms with E-state index in [0.29, 0.717) is 21.0 Å². The number of carbonyl (C=O) groups excluding carboxylic acids is 1. The molecule has 4 rings (SSSR count). The summed E-state index contributed by atoms with van der Waals surface area (Å²) < 4.78 is 9.51. The molecule has 140 valence electrons. The van der Waals surface area contributed by atoms with Crippen LogP contribution in [0.1, 0.15) is 0 Å². The fourth-order valence-corrected chi connectivity index (χ4v) is 6.99. The van der Waals surface area contributed by atoms with Crippen molar-refractivity contribution >= 4 is 91.9 Å². The Balaban J connectivity index is 0.000000151. The molecule has 0 aromatic carbocycles. The van der Waals surface area contributed by atoms with E-state index in [1.54, 1.807) is 47.0 Å². The smallest absolute Gasteiger partial charge is 0.339 e. The standard InChI is InChI=1S/C7H7NOS2.C7H5NS2.Cl3OP/c8-7(9)6-3-5-4(11-6)1-2-10-5;8-4-5-3-7-6(10-5)1-2-9-7;1-5(2,3)4/h1-5H,(H2,8,9);1-3,6-7H;. The van der Waals surface area contributed by atoms with Crippen molar-refractivity contribution in [1.29, 1.82) is 5.26 Å². The van der Waals surface area contributed by atoms with Crippen molar-refractivity contribution in [2.75, 3.05) is 0 Å². The normalized spacial score (nSPS) is 30.1. The van der Waals surface area contributed by atoms with Gasteiger partial charge in [0.15, 0.2) is 0 Å². The van der Waals surface area contributed by atoms with Gasteiger partial charge < -0.3 is 5.73 Å². The lowest BCUT2D eigenvalue weighted by Crippen LogP contribution is -2.10. The van der Waals surface area contributed by atoms with E-state index in [2.05, 4.69) is 68.8 Å². The number of rotatable bonds is 1. The van der Waals surface area contributed by atoms with E-state index in [9.17, 15) is 9.36 Å². The lowest BCUT2D eigenvalue weighted by molar-refractivity contribution is -0.113. The van der Waals surface area contributed by atoms with E-state index >= 15 is 0 Å². The largest absolute Gasteiger partial charge is 0.365 e. The van der Waals surface area contributed by atoms with Gasteiger partial charge >= 0.3 is 5.20 Å². The van der Waals surface area contributed by atoms with Crippen LogP contribution in [-0.2, 0) is 9.36 Å². The van der Waals surface area contributed by atoms with E-state index in [1.807, 2.05) is 6.08 Å². The highest BCUT2D eigenvalue weighted by Crippen LogP contribution is 2.61. The molecule has 0 bridgehead atoms. The number of hydrogen-bond acceptors (Lipinski definition) is 7. The van der Waals surface area contributed by atoms with Crippen molar-refractivity contribution in [2.45, 2.75) is 21.0 Å². The van der Waals surface area contributed by atoms with Gasteiger partial charge in [-0.1, -0.05) is 18.2 Å². The number of halogens is 3. The molecule has 4 aliphatic rings. The molecule has 4 nitrogen and oxygen atoms in total. The average molecular weight is 506 g/mol. The van der Waals surface area contributed by atoms with Gasteiger partial charge in [0.2, 0.25) is 0 Å². The molecular weight excluding hydrogens is 494 g/mol. The molecule has 4 atom stereocenters. The van der Waals surface area contributed by atoms with Crippen LogP contribution in [0.3, 0.4) is 0 Å². The second-order valence-electron chi connectivity index (χ2n) is 4.96. The molecule has 1 amide bonds. The Hall–Kier alpha value is 0.420. The third-order valence-corrected chi connectivity index (χ3v) is 8.14. The third kappa shape index (κ3) is 7.44. The Morgan fingerprint density at radius 1 is 1.04 bits per heavy atom. The Morgan fingerprint density at radius 3 is 1.96 bits per heavy atom. The second-order valence-corrected chi connectivity index (χ2v) is 16.2. The summed E-state index contributed by atoms with van der Waals surface area (Å²) in [6.45, 7) is 0. The first-order valence-corrected chi connectivity index (χ1v) is 15.0. The molecule has 26 heavy (non-hydrogen) atoms. The highest BCUT2D eigenvalue weighted by molar-refractivity contribution is 8.24. The van der Waals surface area contributed by atoms with E-state index in [-0.39, 0.29) is 5.91 Å². The molecule has 4 heterocycles. The number of allylic oxidation sites excluding steroid dienone is 1. The van der Waals surface area contributed by atoms with Crippen LogP contribution in [-0.4, -0.2) is 26.9 Å². The zero-order valence-corrected chi connectivity index (χ0v) is 19.3. The fraction of sp³-hybridized carbons (Fsp3) is 0.286. The van der Waals surface area contributed by atoms with Gasteiger partial charge in [0.25, 0.3) is 5.91 Å². The molecule has 0 aromatic heterocycles. The van der Waals surface area contributed by atoms with Crippen LogP contribution in [0.5, 0.6) is 0 Å². The summed E-state index contributed by atoms with van der Waals surface area (Å²) >= 11 is 20.6. The molecular formula is C14H12Cl3N2O2PS4. The van der Waals surface area contributed by atoms with Gasteiger partial charge in [0.05, 0.1) is 9.81 Å². The molecule has 0 radical (unpaired) electrons. The van der Waals surface area contributed by atoms with Crippen LogP contribution >= 0.6 is 86.0 Å². The average Bonchev–Trinajstić information content (AvgIpc) is 3.25. The minimum absolute atomic E-state index is 0.293. The van der Waals surface area contributed by atoms with Crippen molar-refractivity contribution in [2.24, 2.45) is 5.73 Å². The number of hydrogen-bond donors (Lipinski definition) is 1. The summed E-state index contributed by atoms with van der Waals surface area (Å²) in [7, 11) is 0.